The van der Waals surface area contributed by atoms with E-state index in [0.29, 0.717) is 6.42 Å². The van der Waals surface area contributed by atoms with E-state index >= 15 is 0 Å². The van der Waals surface area contributed by atoms with Crippen LogP contribution >= 0.6 is 0 Å². The third-order valence-electron chi connectivity index (χ3n) is 3.03. The molecule has 1 heterocycles. The molecule has 0 saturated carbocycles. The number of nitrogens with two attached hydrogens (primary N) is 1. The third-order valence-corrected chi connectivity index (χ3v) is 3.03. The smallest absolute Gasteiger partial charge is 0.341 e. The van der Waals surface area contributed by atoms with Gasteiger partial charge in [0.2, 0.25) is 5.91 Å². The molecule has 1 atom stereocenters. The number of rotatable bonds is 2. The van der Waals surface area contributed by atoms with Crippen LogP contribution in [0.1, 0.15) is 26.2 Å². The molecule has 0 spiro atoms. The van der Waals surface area contributed by atoms with Crippen LogP contribution in [0.3, 0.4) is 0 Å². The second-order valence-corrected chi connectivity index (χ2v) is 4.16. The lowest BCUT2D eigenvalue weighted by atomic mass is 9.96. The minimum absolute atomic E-state index is 0.00826. The standard InChI is InChI=1S/C10H17F3N2O/c1-2-8(14)9(16)15-5-3-7(4-6-15)10(11,12)13/h7-8H,2-6,14H2,1H3/t8-/m1/s1. The molecule has 0 unspecified atom stereocenters. The minimum Gasteiger partial charge on any atom is -0.341 e. The van der Waals surface area contributed by atoms with Crippen molar-refractivity contribution in [1.82, 2.24) is 4.90 Å². The van der Waals surface area contributed by atoms with Crippen LogP contribution in [0.4, 0.5) is 13.2 Å². The summed E-state index contributed by atoms with van der Waals surface area (Å²) in [5.41, 5.74) is 5.55. The van der Waals surface area contributed by atoms with Gasteiger partial charge in [0.25, 0.3) is 0 Å². The monoisotopic (exact) mass is 238 g/mol. The summed E-state index contributed by atoms with van der Waals surface area (Å²) in [6.07, 6.45) is -3.64. The van der Waals surface area contributed by atoms with Crippen LogP contribution in [-0.2, 0) is 4.79 Å². The largest absolute Gasteiger partial charge is 0.391 e. The number of alkyl halides is 3. The summed E-state index contributed by atoms with van der Waals surface area (Å²) in [5.74, 6) is -1.50. The van der Waals surface area contributed by atoms with E-state index < -0.39 is 18.1 Å². The molecule has 0 bridgehead atoms. The first kappa shape index (κ1) is 13.3. The van der Waals surface area contributed by atoms with Crippen molar-refractivity contribution in [2.24, 2.45) is 11.7 Å². The first-order valence-electron chi connectivity index (χ1n) is 5.47. The van der Waals surface area contributed by atoms with E-state index in [4.69, 9.17) is 5.73 Å². The van der Waals surface area contributed by atoms with Crippen LogP contribution in [0, 0.1) is 5.92 Å². The highest BCUT2D eigenvalue weighted by molar-refractivity contribution is 5.81. The van der Waals surface area contributed by atoms with Gasteiger partial charge in [0.1, 0.15) is 0 Å². The van der Waals surface area contributed by atoms with Gasteiger partial charge in [-0.15, -0.1) is 0 Å². The van der Waals surface area contributed by atoms with Gasteiger partial charge in [0, 0.05) is 13.1 Å². The zero-order valence-corrected chi connectivity index (χ0v) is 9.26. The normalized spacial score (nSPS) is 20.9. The van der Waals surface area contributed by atoms with E-state index in [9.17, 15) is 18.0 Å². The quantitative estimate of drug-likeness (QED) is 0.793. The van der Waals surface area contributed by atoms with Crippen molar-refractivity contribution < 1.29 is 18.0 Å². The lowest BCUT2D eigenvalue weighted by Crippen LogP contribution is -2.48. The van der Waals surface area contributed by atoms with Crippen molar-refractivity contribution in [3.63, 3.8) is 0 Å². The molecule has 94 valence electrons. The highest BCUT2D eigenvalue weighted by Crippen LogP contribution is 2.34. The fourth-order valence-electron chi connectivity index (χ4n) is 1.84. The van der Waals surface area contributed by atoms with Crippen molar-refractivity contribution in [3.05, 3.63) is 0 Å². The number of nitrogens with zero attached hydrogens (tertiary/aromatic N) is 1. The van der Waals surface area contributed by atoms with E-state index in [-0.39, 0.29) is 31.8 Å². The number of carbonyl (C=O) groups excluding carboxylic acids is 1. The van der Waals surface area contributed by atoms with Crippen LogP contribution in [0.5, 0.6) is 0 Å². The average Bonchev–Trinajstić information content (AvgIpc) is 2.26. The Morgan fingerprint density at radius 1 is 1.44 bits per heavy atom. The Morgan fingerprint density at radius 2 is 1.94 bits per heavy atom. The lowest BCUT2D eigenvalue weighted by molar-refractivity contribution is -0.186. The van der Waals surface area contributed by atoms with Crippen molar-refractivity contribution in [2.75, 3.05) is 13.1 Å². The highest BCUT2D eigenvalue weighted by atomic mass is 19.4. The predicted octanol–water partition coefficient (Wildman–Crippen LogP) is 1.52. The first-order chi connectivity index (χ1) is 7.36. The maximum Gasteiger partial charge on any atom is 0.391 e. The van der Waals surface area contributed by atoms with Crippen LogP contribution < -0.4 is 5.73 Å². The number of carbonyl (C=O) groups is 1. The molecule has 1 aliphatic rings. The maximum atomic E-state index is 12.4. The average molecular weight is 238 g/mol. The van der Waals surface area contributed by atoms with E-state index in [1.165, 1.54) is 4.90 Å². The molecule has 1 aliphatic heterocycles. The number of hydrogen-bond acceptors (Lipinski definition) is 2. The van der Waals surface area contributed by atoms with Gasteiger partial charge >= 0.3 is 6.18 Å². The molecule has 1 saturated heterocycles. The maximum absolute atomic E-state index is 12.4. The Labute approximate surface area is 92.8 Å². The predicted molar refractivity (Wildman–Crippen MR) is 53.6 cm³/mol. The summed E-state index contributed by atoms with van der Waals surface area (Å²) in [4.78, 5) is 13.0. The minimum atomic E-state index is -4.14. The van der Waals surface area contributed by atoms with E-state index in [1.54, 1.807) is 6.92 Å². The summed E-state index contributed by atoms with van der Waals surface area (Å²) in [7, 11) is 0. The number of likely N-dealkylation sites (tertiary alicyclic amines) is 1. The fourth-order valence-corrected chi connectivity index (χ4v) is 1.84. The van der Waals surface area contributed by atoms with Gasteiger partial charge in [-0.1, -0.05) is 6.92 Å². The van der Waals surface area contributed by atoms with Crippen molar-refractivity contribution in [3.8, 4) is 0 Å². The number of hydrogen-bond donors (Lipinski definition) is 1. The first-order valence-corrected chi connectivity index (χ1v) is 5.47. The van der Waals surface area contributed by atoms with Crippen molar-refractivity contribution in [2.45, 2.75) is 38.4 Å². The zero-order chi connectivity index (χ0) is 12.3. The van der Waals surface area contributed by atoms with Gasteiger partial charge in [0.05, 0.1) is 12.0 Å². The van der Waals surface area contributed by atoms with E-state index in [2.05, 4.69) is 0 Å². The SMILES string of the molecule is CC[C@@H](N)C(=O)N1CCC(C(F)(F)F)CC1. The molecule has 0 radical (unpaired) electrons. The molecule has 0 aromatic rings. The molecule has 1 amide bonds. The van der Waals surface area contributed by atoms with Gasteiger partial charge < -0.3 is 10.6 Å². The number of amides is 1. The molecule has 0 aliphatic carbocycles. The van der Waals surface area contributed by atoms with Crippen LogP contribution in [-0.4, -0.2) is 36.1 Å². The Hall–Kier alpha value is -0.780. The van der Waals surface area contributed by atoms with E-state index in [0.717, 1.165) is 0 Å². The highest BCUT2D eigenvalue weighted by Gasteiger charge is 2.41. The molecule has 0 aromatic carbocycles. The van der Waals surface area contributed by atoms with Crippen molar-refractivity contribution >= 4 is 5.91 Å². The number of halogens is 3. The van der Waals surface area contributed by atoms with Gasteiger partial charge in [0.15, 0.2) is 0 Å². The summed E-state index contributed by atoms with van der Waals surface area (Å²) in [6.45, 7) is 2.11. The Balaban J connectivity index is 2.46. The molecule has 2 N–H and O–H groups in total. The van der Waals surface area contributed by atoms with E-state index in [1.807, 2.05) is 0 Å². The number of piperidine rings is 1. The van der Waals surface area contributed by atoms with Crippen molar-refractivity contribution in [1.29, 1.82) is 0 Å². The molecule has 1 rings (SSSR count). The molecular formula is C10H17F3N2O. The molecule has 16 heavy (non-hydrogen) atoms. The third kappa shape index (κ3) is 3.10. The van der Waals surface area contributed by atoms with Gasteiger partial charge in [-0.05, 0) is 19.3 Å². The van der Waals surface area contributed by atoms with Gasteiger partial charge in [-0.3, -0.25) is 4.79 Å². The molecular weight excluding hydrogens is 221 g/mol. The van der Waals surface area contributed by atoms with Gasteiger partial charge in [-0.2, -0.15) is 13.2 Å². The Bertz CT molecular complexity index is 247. The van der Waals surface area contributed by atoms with Crippen LogP contribution in [0.2, 0.25) is 0 Å². The van der Waals surface area contributed by atoms with Crippen LogP contribution in [0.15, 0.2) is 0 Å². The molecule has 1 fully saturated rings. The Kier molecular flexibility index (Phi) is 4.18. The zero-order valence-electron chi connectivity index (χ0n) is 9.26. The van der Waals surface area contributed by atoms with Crippen LogP contribution in [0.25, 0.3) is 0 Å². The topological polar surface area (TPSA) is 46.3 Å². The second-order valence-electron chi connectivity index (χ2n) is 4.16. The fraction of sp³-hybridized carbons (Fsp3) is 0.900. The molecule has 3 nitrogen and oxygen atoms in total. The summed E-state index contributed by atoms with van der Waals surface area (Å²) < 4.78 is 37.1. The molecule has 6 heteroatoms. The molecule has 0 aromatic heterocycles. The Morgan fingerprint density at radius 3 is 2.31 bits per heavy atom. The van der Waals surface area contributed by atoms with Gasteiger partial charge in [-0.25, -0.2) is 0 Å². The summed E-state index contributed by atoms with van der Waals surface area (Å²) >= 11 is 0. The lowest BCUT2D eigenvalue weighted by Gasteiger charge is -2.34. The summed E-state index contributed by atoms with van der Waals surface area (Å²) in [6, 6.07) is -0.581. The second kappa shape index (κ2) is 5.03. The summed E-state index contributed by atoms with van der Waals surface area (Å²) in [5, 5.41) is 0.